The molecule has 0 unspecified atom stereocenters. The SMILES string of the molecule is O=[Si](O)O.[BeH2].[CaH2]. The van der Waals surface area contributed by atoms with Crippen molar-refractivity contribution in [3.05, 3.63) is 0 Å². The van der Waals surface area contributed by atoms with Crippen LogP contribution in [0.5, 0.6) is 0 Å². The van der Waals surface area contributed by atoms with E-state index in [4.69, 9.17) is 14.1 Å². The van der Waals surface area contributed by atoms with Crippen LogP contribution in [0.25, 0.3) is 0 Å². The van der Waals surface area contributed by atoms with Crippen LogP contribution in [-0.2, 0) is 4.46 Å². The van der Waals surface area contributed by atoms with Gasteiger partial charge in [0.15, 0.2) is 0 Å². The summed E-state index contributed by atoms with van der Waals surface area (Å²) in [6.07, 6.45) is 0. The van der Waals surface area contributed by atoms with E-state index in [2.05, 4.69) is 0 Å². The summed E-state index contributed by atoms with van der Waals surface area (Å²) in [5.74, 6) is 0. The summed E-state index contributed by atoms with van der Waals surface area (Å²) in [5.41, 5.74) is 0. The second kappa shape index (κ2) is 9.40. The van der Waals surface area contributed by atoms with Crippen LogP contribution >= 0.6 is 0 Å². The Kier molecular flexibility index (Phi) is 24.7. The van der Waals surface area contributed by atoms with Crippen molar-refractivity contribution in [1.82, 2.24) is 0 Å². The Balaban J connectivity index is -0.0000000450. The van der Waals surface area contributed by atoms with Crippen LogP contribution in [0.1, 0.15) is 0 Å². The fourth-order valence-electron chi connectivity index (χ4n) is 0. The van der Waals surface area contributed by atoms with E-state index in [-0.39, 0.29) is 47.9 Å². The first kappa shape index (κ1) is 15.7. The first-order valence-corrected chi connectivity index (χ1v) is 1.95. The van der Waals surface area contributed by atoms with E-state index in [0.29, 0.717) is 0 Å². The zero-order chi connectivity index (χ0) is 3.58. The molecule has 0 atom stereocenters. The predicted molar refractivity (Wildman–Crippen MR) is 28.0 cm³/mol. The molecule has 0 aliphatic rings. The second-order valence-corrected chi connectivity index (χ2v) is 0.848. The molecule has 0 rings (SSSR count). The van der Waals surface area contributed by atoms with E-state index in [1.54, 1.807) is 0 Å². The molecule has 3 nitrogen and oxygen atoms in total. The summed E-state index contributed by atoms with van der Waals surface area (Å²) in [6.45, 7) is 0. The quantitative estimate of drug-likeness (QED) is 0.336. The topological polar surface area (TPSA) is 57.5 Å². The summed E-state index contributed by atoms with van der Waals surface area (Å²) >= 11 is 0. The Morgan fingerprint density at radius 2 is 1.33 bits per heavy atom. The Labute approximate surface area is 70.5 Å². The summed E-state index contributed by atoms with van der Waals surface area (Å²) in [7, 11) is -3.13. The van der Waals surface area contributed by atoms with Gasteiger partial charge in [0.2, 0.25) is 0 Å². The normalized spacial score (nSPS) is 4.00. The van der Waals surface area contributed by atoms with Gasteiger partial charge in [0, 0.05) is 0 Å². The van der Waals surface area contributed by atoms with Crippen LogP contribution in [0.15, 0.2) is 0 Å². The molecule has 0 radical (unpaired) electrons. The predicted octanol–water partition coefficient (Wildman–Crippen LogP) is -3.45. The number of hydrogen-bond donors (Lipinski definition) is 2. The van der Waals surface area contributed by atoms with Gasteiger partial charge in [-0.25, -0.2) is 0 Å². The molecule has 2 N–H and O–H groups in total. The molecule has 6 heavy (non-hydrogen) atoms. The van der Waals surface area contributed by atoms with Crippen molar-refractivity contribution < 1.29 is 14.1 Å². The van der Waals surface area contributed by atoms with Crippen molar-refractivity contribution in [1.29, 1.82) is 0 Å². The van der Waals surface area contributed by atoms with Crippen LogP contribution in [0.4, 0.5) is 0 Å². The van der Waals surface area contributed by atoms with Crippen molar-refractivity contribution in [2.45, 2.75) is 0 Å². The second-order valence-electron chi connectivity index (χ2n) is 0.283. The molecule has 0 aliphatic carbocycles. The first-order valence-electron chi connectivity index (χ1n) is 0.651. The monoisotopic (exact) mass is 131 g/mol. The summed E-state index contributed by atoms with van der Waals surface area (Å²) in [5, 5.41) is 0. The molecular formula is H6BeCaO3Si. The van der Waals surface area contributed by atoms with E-state index in [1.807, 2.05) is 0 Å². The van der Waals surface area contributed by atoms with Crippen molar-refractivity contribution in [2.75, 3.05) is 0 Å². The summed E-state index contributed by atoms with van der Waals surface area (Å²) in [6, 6.07) is 0. The molecule has 0 heterocycles. The van der Waals surface area contributed by atoms with Gasteiger partial charge in [-0.3, -0.25) is 4.46 Å². The van der Waals surface area contributed by atoms with Crippen LogP contribution in [-0.4, -0.2) is 66.6 Å². The molecule has 0 spiro atoms. The molecule has 0 amide bonds. The fourth-order valence-corrected chi connectivity index (χ4v) is 0. The van der Waals surface area contributed by atoms with Gasteiger partial charge in [-0.1, -0.05) is 0 Å². The van der Waals surface area contributed by atoms with Gasteiger partial charge in [0.1, 0.15) is 0 Å². The van der Waals surface area contributed by atoms with Gasteiger partial charge in [-0.2, -0.15) is 0 Å². The Bertz CT molecular complexity index is 33.8. The minimum absolute atomic E-state index is 0. The third-order valence-electron chi connectivity index (χ3n) is 0. The van der Waals surface area contributed by atoms with Gasteiger partial charge in [0.25, 0.3) is 0 Å². The summed E-state index contributed by atoms with van der Waals surface area (Å²) < 4.78 is 8.74. The molecule has 6 heteroatoms. The van der Waals surface area contributed by atoms with Crippen LogP contribution in [0.3, 0.4) is 0 Å². The van der Waals surface area contributed by atoms with E-state index < -0.39 is 9.17 Å². The van der Waals surface area contributed by atoms with E-state index in [9.17, 15) is 0 Å². The first-order chi connectivity index (χ1) is 1.73. The maximum absolute atomic E-state index is 8.74. The maximum atomic E-state index is 8.74. The molecule has 0 aromatic heterocycles. The van der Waals surface area contributed by atoms with Crippen LogP contribution in [0, 0.1) is 0 Å². The van der Waals surface area contributed by atoms with Gasteiger partial charge in [0.05, 0.1) is 0 Å². The molecule has 0 bridgehead atoms. The van der Waals surface area contributed by atoms with Gasteiger partial charge < -0.3 is 9.59 Å². The Morgan fingerprint density at radius 1 is 1.33 bits per heavy atom. The molecule has 0 aliphatic heterocycles. The number of rotatable bonds is 0. The summed E-state index contributed by atoms with van der Waals surface area (Å²) in [4.78, 5) is 14.3. The number of hydrogen-bond acceptors (Lipinski definition) is 1. The van der Waals surface area contributed by atoms with Crippen molar-refractivity contribution in [3.8, 4) is 0 Å². The van der Waals surface area contributed by atoms with Crippen molar-refractivity contribution in [2.24, 2.45) is 0 Å². The zero-order valence-electron chi connectivity index (χ0n) is 1.80. The zero-order valence-corrected chi connectivity index (χ0v) is 2.80. The third kappa shape index (κ3) is 75.5. The average molecular weight is 131 g/mol. The van der Waals surface area contributed by atoms with Gasteiger partial charge >= 0.3 is 57.0 Å². The fraction of sp³-hybridized carbons (Fsp3) is 0. The molecular weight excluding hydrogens is 125 g/mol. The van der Waals surface area contributed by atoms with Gasteiger partial charge in [-0.05, 0) is 0 Å². The molecule has 0 aromatic carbocycles. The third-order valence-corrected chi connectivity index (χ3v) is 0. The van der Waals surface area contributed by atoms with Gasteiger partial charge in [-0.15, -0.1) is 0 Å². The average Bonchev–Trinajstić information content (AvgIpc) is 0.811. The molecule has 0 aromatic rings. The van der Waals surface area contributed by atoms with Crippen molar-refractivity contribution in [3.63, 3.8) is 0 Å². The molecule has 0 saturated carbocycles. The molecule has 0 fully saturated rings. The molecule has 0 saturated heterocycles. The Hall–Kier alpha value is 1.05. The van der Waals surface area contributed by atoms with E-state index in [0.717, 1.165) is 0 Å². The molecule has 32 valence electrons. The van der Waals surface area contributed by atoms with E-state index in [1.165, 1.54) is 0 Å². The van der Waals surface area contributed by atoms with E-state index >= 15 is 0 Å². The van der Waals surface area contributed by atoms with Crippen molar-refractivity contribution >= 4 is 57.0 Å². The Morgan fingerprint density at radius 3 is 1.33 bits per heavy atom. The van der Waals surface area contributed by atoms with Crippen LogP contribution in [0.2, 0.25) is 0 Å². The minimum atomic E-state index is -3.13. The van der Waals surface area contributed by atoms with Crippen LogP contribution < -0.4 is 0 Å². The standard InChI is InChI=1S/Be.Ca.H2O3Si.4H/c;;1-4(2)3;;;;/h;;1-2H;;;;.